The van der Waals surface area contributed by atoms with E-state index in [1.54, 1.807) is 3.88 Å². The van der Waals surface area contributed by atoms with Crippen LogP contribution in [0.15, 0.2) is 50.9 Å². The quantitative estimate of drug-likeness (QED) is 0.708. The van der Waals surface area contributed by atoms with Crippen LogP contribution in [0.5, 0.6) is 5.75 Å². The van der Waals surface area contributed by atoms with Crippen molar-refractivity contribution >= 4 is 3.81 Å². The molecule has 1 aromatic rings. The molecule has 0 spiro atoms. The Morgan fingerprint density at radius 2 is 1.60 bits per heavy atom. The van der Waals surface area contributed by atoms with Gasteiger partial charge in [0.05, 0.1) is 0 Å². The van der Waals surface area contributed by atoms with E-state index in [2.05, 4.69) is 53.7 Å². The van der Waals surface area contributed by atoms with Crippen LogP contribution in [0.4, 0.5) is 0 Å². The average Bonchev–Trinajstić information content (AvgIpc) is 2.62. The Bertz CT molecular complexity index is 602. The van der Waals surface area contributed by atoms with E-state index in [-0.39, 0.29) is 0 Å². The molecule has 1 aromatic carbocycles. The molecule has 0 amide bonds. The number of allylic oxidation sites excluding steroid dienone is 4. The van der Waals surface area contributed by atoms with Crippen molar-refractivity contribution in [2.24, 2.45) is 5.92 Å². The predicted molar refractivity (Wildman–Crippen MR) is 83.7 cm³/mol. The fourth-order valence-electron chi connectivity index (χ4n) is 2.76. The standard InChI is InChI=1S/C9H13.C6H6O.C3H6.Ti/c1-6-5-7(2)9(4)8(6)3;7-6-4-2-1-3-5-6;1-3-2;/h6H,1-4H3;1-5,7H;1-2H3;/q;;;+1/p-1. The van der Waals surface area contributed by atoms with Gasteiger partial charge in [-0.1, -0.05) is 0 Å². The average molecular weight is 304 g/mol. The molecule has 2 rings (SSSR count). The fourth-order valence-corrected chi connectivity index (χ4v) is 6.45. The molecule has 1 aliphatic carbocycles. The first-order valence-electron chi connectivity index (χ1n) is 7.22. The van der Waals surface area contributed by atoms with Crippen molar-refractivity contribution in [1.29, 1.82) is 0 Å². The second-order valence-electron chi connectivity index (χ2n) is 5.81. The molecule has 1 aliphatic rings. The van der Waals surface area contributed by atoms with Gasteiger partial charge in [0, 0.05) is 0 Å². The summed E-state index contributed by atoms with van der Waals surface area (Å²) in [4.78, 5) is 0. The van der Waals surface area contributed by atoms with Gasteiger partial charge in [0.1, 0.15) is 0 Å². The first-order valence-corrected chi connectivity index (χ1v) is 9.42. The van der Waals surface area contributed by atoms with E-state index in [9.17, 15) is 0 Å². The van der Waals surface area contributed by atoms with Gasteiger partial charge in [-0.2, -0.15) is 0 Å². The summed E-state index contributed by atoms with van der Waals surface area (Å²) in [6.07, 6.45) is 0. The van der Waals surface area contributed by atoms with Crippen LogP contribution in [-0.4, -0.2) is 3.81 Å². The molecule has 0 fully saturated rings. The maximum atomic E-state index is 6.44. The monoisotopic (exact) mass is 304 g/mol. The number of hydrogen-bond acceptors (Lipinski definition) is 1. The Morgan fingerprint density at radius 1 is 1.00 bits per heavy atom. The summed E-state index contributed by atoms with van der Waals surface area (Å²) in [6, 6.07) is 10.3. The van der Waals surface area contributed by atoms with E-state index >= 15 is 0 Å². The van der Waals surface area contributed by atoms with Crippen molar-refractivity contribution in [3.63, 3.8) is 0 Å². The fraction of sp³-hybridized carbons (Fsp3) is 0.389. The molecule has 1 nitrogen and oxygen atoms in total. The Kier molecular flexibility index (Phi) is 4.83. The zero-order valence-electron chi connectivity index (χ0n) is 13.4. The van der Waals surface area contributed by atoms with Crippen molar-refractivity contribution < 1.29 is 21.1 Å². The minimum atomic E-state index is -1.84. The third-order valence-corrected chi connectivity index (χ3v) is 8.43. The molecular weight excluding hydrogens is 280 g/mol. The minimum absolute atomic E-state index is 0.545. The van der Waals surface area contributed by atoms with E-state index in [1.165, 1.54) is 20.5 Å². The van der Waals surface area contributed by atoms with Crippen LogP contribution < -0.4 is 3.32 Å². The van der Waals surface area contributed by atoms with Crippen molar-refractivity contribution in [3.05, 3.63) is 50.9 Å². The van der Waals surface area contributed by atoms with Gasteiger partial charge in [-0.05, 0) is 0 Å². The molecule has 0 radical (unpaired) electrons. The van der Waals surface area contributed by atoms with E-state index in [0.29, 0.717) is 5.92 Å². The normalized spacial score (nSPS) is 18.6. The third-order valence-electron chi connectivity index (χ3n) is 4.30. The van der Waals surface area contributed by atoms with Gasteiger partial charge in [-0.3, -0.25) is 0 Å². The number of hydrogen-bond donors (Lipinski definition) is 0. The van der Waals surface area contributed by atoms with Crippen LogP contribution in [0.1, 0.15) is 41.5 Å². The van der Waals surface area contributed by atoms with Crippen LogP contribution in [0.3, 0.4) is 0 Å². The van der Waals surface area contributed by atoms with Crippen LogP contribution in [-0.2, 0) is 17.8 Å². The van der Waals surface area contributed by atoms with E-state index in [1.807, 2.05) is 18.2 Å². The summed E-state index contributed by atoms with van der Waals surface area (Å²) >= 11 is -1.84. The maximum absolute atomic E-state index is 6.44. The Hall–Kier alpha value is -0.916. The summed E-state index contributed by atoms with van der Waals surface area (Å²) in [7, 11) is 0. The Morgan fingerprint density at radius 3 is 2.05 bits per heavy atom. The molecule has 0 saturated carbocycles. The summed E-state index contributed by atoms with van der Waals surface area (Å²) in [5.74, 6) is 1.56. The molecule has 1 unspecified atom stereocenters. The zero-order chi connectivity index (χ0) is 14.9. The summed E-state index contributed by atoms with van der Waals surface area (Å²) in [6.45, 7) is 13.6. The zero-order valence-corrected chi connectivity index (χ0v) is 14.9. The van der Waals surface area contributed by atoms with E-state index in [0.717, 1.165) is 5.75 Å². The number of rotatable bonds is 3. The SMILES string of the molecule is CC1=C(C)C(C)[C]([Ti]([O]c2ccccc2)=[C](C)C)=C1C. The molecule has 1 atom stereocenters. The molecular formula is C18H24OTi. The van der Waals surface area contributed by atoms with Crippen molar-refractivity contribution in [2.45, 2.75) is 41.5 Å². The topological polar surface area (TPSA) is 9.23 Å². The summed E-state index contributed by atoms with van der Waals surface area (Å²) in [5, 5.41) is 0. The van der Waals surface area contributed by atoms with E-state index < -0.39 is 17.8 Å². The van der Waals surface area contributed by atoms with E-state index in [4.69, 9.17) is 3.32 Å². The molecule has 0 bridgehead atoms. The molecule has 20 heavy (non-hydrogen) atoms. The van der Waals surface area contributed by atoms with Crippen molar-refractivity contribution in [1.82, 2.24) is 0 Å². The van der Waals surface area contributed by atoms with Crippen molar-refractivity contribution in [2.75, 3.05) is 0 Å². The Labute approximate surface area is 129 Å². The molecule has 0 aromatic heterocycles. The second-order valence-corrected chi connectivity index (χ2v) is 9.56. The molecule has 106 valence electrons. The third kappa shape index (κ3) is 2.89. The second kappa shape index (κ2) is 6.24. The van der Waals surface area contributed by atoms with Crippen LogP contribution in [0, 0.1) is 5.92 Å². The van der Waals surface area contributed by atoms with Crippen LogP contribution in [0.2, 0.25) is 0 Å². The van der Waals surface area contributed by atoms with Gasteiger partial charge >= 0.3 is 129 Å². The van der Waals surface area contributed by atoms with Gasteiger partial charge < -0.3 is 0 Å². The molecule has 0 N–H and O–H groups in total. The van der Waals surface area contributed by atoms with Gasteiger partial charge in [-0.25, -0.2) is 0 Å². The summed E-state index contributed by atoms with van der Waals surface area (Å²) < 4.78 is 9.50. The van der Waals surface area contributed by atoms with Gasteiger partial charge in [0.2, 0.25) is 0 Å². The Balaban J connectivity index is 2.41. The van der Waals surface area contributed by atoms with Gasteiger partial charge in [-0.15, -0.1) is 0 Å². The number of para-hydroxylation sites is 1. The van der Waals surface area contributed by atoms with Gasteiger partial charge in [0.25, 0.3) is 0 Å². The van der Waals surface area contributed by atoms with Crippen LogP contribution in [0.25, 0.3) is 0 Å². The van der Waals surface area contributed by atoms with Crippen molar-refractivity contribution in [3.8, 4) is 5.75 Å². The van der Waals surface area contributed by atoms with Crippen LogP contribution >= 0.6 is 0 Å². The molecule has 0 saturated heterocycles. The summed E-state index contributed by atoms with van der Waals surface area (Å²) in [5.41, 5.74) is 4.46. The molecule has 2 heteroatoms. The number of benzene rings is 1. The molecule has 0 heterocycles. The first-order chi connectivity index (χ1) is 9.43. The first kappa shape index (κ1) is 15.5. The van der Waals surface area contributed by atoms with Gasteiger partial charge in [0.15, 0.2) is 0 Å². The predicted octanol–water partition coefficient (Wildman–Crippen LogP) is 5.07. The molecule has 0 aliphatic heterocycles.